The molecule has 1 unspecified atom stereocenters. The second-order valence-corrected chi connectivity index (χ2v) is 7.43. The molecule has 1 aliphatic carbocycles. The molecule has 0 aliphatic heterocycles. The smallest absolute Gasteiger partial charge is 0.293 e. The van der Waals surface area contributed by atoms with Crippen molar-refractivity contribution in [3.63, 3.8) is 0 Å². The van der Waals surface area contributed by atoms with Crippen LogP contribution in [0.2, 0.25) is 0 Å². The number of hydrogen-bond donors (Lipinski definition) is 2. The maximum Gasteiger partial charge on any atom is 0.293 e. The van der Waals surface area contributed by atoms with Crippen LogP contribution in [0, 0.1) is 0 Å². The van der Waals surface area contributed by atoms with E-state index in [1.165, 1.54) is 12.8 Å². The van der Waals surface area contributed by atoms with Gasteiger partial charge >= 0.3 is 0 Å². The first-order valence-corrected chi connectivity index (χ1v) is 10.5. The molecule has 0 radical (unpaired) electrons. The highest BCUT2D eigenvalue weighted by Gasteiger charge is 2.29. The van der Waals surface area contributed by atoms with E-state index in [-0.39, 0.29) is 12.2 Å². The molecule has 0 saturated heterocycles. The third-order valence-corrected chi connectivity index (χ3v) is 5.52. The van der Waals surface area contributed by atoms with Gasteiger partial charge in [0.15, 0.2) is 11.6 Å². The number of aromatic nitrogens is 4. The van der Waals surface area contributed by atoms with Gasteiger partial charge in [-0.3, -0.25) is 0 Å². The van der Waals surface area contributed by atoms with Gasteiger partial charge in [0.05, 0.1) is 19.8 Å². The second kappa shape index (κ2) is 8.78. The molecule has 2 N–H and O–H groups in total. The number of anilines is 1. The number of methoxy groups -OCH3 is 1. The van der Waals surface area contributed by atoms with Gasteiger partial charge in [-0.1, -0.05) is 34.9 Å². The molecule has 1 aromatic carbocycles. The molecule has 0 amide bonds. The van der Waals surface area contributed by atoms with Crippen molar-refractivity contribution >= 4 is 17.0 Å². The zero-order chi connectivity index (χ0) is 20.2. The molecule has 1 aliphatic rings. The van der Waals surface area contributed by atoms with E-state index in [0.717, 1.165) is 60.1 Å². The Bertz CT molecular complexity index is 948. The van der Waals surface area contributed by atoms with E-state index in [2.05, 4.69) is 45.8 Å². The molecule has 2 heterocycles. The van der Waals surface area contributed by atoms with Crippen LogP contribution >= 0.6 is 0 Å². The lowest BCUT2D eigenvalue weighted by molar-refractivity contribution is -0.672. The van der Waals surface area contributed by atoms with E-state index in [1.807, 2.05) is 18.5 Å². The van der Waals surface area contributed by atoms with Crippen LogP contribution in [0.4, 0.5) is 5.82 Å². The van der Waals surface area contributed by atoms with Crippen LogP contribution in [0.1, 0.15) is 57.0 Å². The monoisotopic (exact) mass is 396 g/mol. The number of rotatable bonds is 8. The summed E-state index contributed by atoms with van der Waals surface area (Å²) < 4.78 is 14.0. The van der Waals surface area contributed by atoms with Gasteiger partial charge in [-0.15, -0.1) is 0 Å². The van der Waals surface area contributed by atoms with E-state index >= 15 is 0 Å². The molecule has 0 bridgehead atoms. The van der Waals surface area contributed by atoms with Gasteiger partial charge in [0.2, 0.25) is 18.0 Å². The molecule has 29 heavy (non-hydrogen) atoms. The Morgan fingerprint density at radius 3 is 2.62 bits per heavy atom. The van der Waals surface area contributed by atoms with Gasteiger partial charge in [-0.05, 0) is 44.4 Å². The lowest BCUT2D eigenvalue weighted by Gasteiger charge is -2.19. The maximum absolute atomic E-state index is 6.58. The SMILES string of the molecule is CCNc1nc[n+](CC)c2nc(C(OC3CCCC3)c3ccc(OC)cc3)[nH]c12. The lowest BCUT2D eigenvalue weighted by atomic mass is 10.1. The van der Waals surface area contributed by atoms with Crippen molar-refractivity contribution in [3.05, 3.63) is 42.0 Å². The summed E-state index contributed by atoms with van der Waals surface area (Å²) in [6.07, 6.45) is 6.51. The lowest BCUT2D eigenvalue weighted by Crippen LogP contribution is -2.34. The van der Waals surface area contributed by atoms with Gasteiger partial charge in [0.25, 0.3) is 5.65 Å². The van der Waals surface area contributed by atoms with Gasteiger partial charge in [-0.25, -0.2) is 4.57 Å². The summed E-state index contributed by atoms with van der Waals surface area (Å²) in [5.41, 5.74) is 2.87. The van der Waals surface area contributed by atoms with Gasteiger partial charge < -0.3 is 19.8 Å². The van der Waals surface area contributed by atoms with E-state index < -0.39 is 0 Å². The Morgan fingerprint density at radius 1 is 1.21 bits per heavy atom. The van der Waals surface area contributed by atoms with Crippen molar-refractivity contribution in [3.8, 4) is 5.75 Å². The maximum atomic E-state index is 6.58. The average Bonchev–Trinajstić information content (AvgIpc) is 3.43. The summed E-state index contributed by atoms with van der Waals surface area (Å²) in [4.78, 5) is 13.0. The molecule has 1 atom stereocenters. The molecule has 4 rings (SSSR count). The Labute approximate surface area is 171 Å². The number of H-pyrrole nitrogens is 1. The van der Waals surface area contributed by atoms with Crippen LogP contribution in [-0.4, -0.2) is 34.7 Å². The first-order chi connectivity index (χ1) is 14.2. The zero-order valence-electron chi connectivity index (χ0n) is 17.4. The predicted octanol–water partition coefficient (Wildman–Crippen LogP) is 3.75. The zero-order valence-corrected chi connectivity index (χ0v) is 17.4. The highest BCUT2D eigenvalue weighted by atomic mass is 16.5. The van der Waals surface area contributed by atoms with Crippen molar-refractivity contribution in [2.24, 2.45) is 0 Å². The number of hydrogen-bond acceptors (Lipinski definition) is 5. The summed E-state index contributed by atoms with van der Waals surface area (Å²) in [5, 5.41) is 3.33. The van der Waals surface area contributed by atoms with E-state index in [0.29, 0.717) is 0 Å². The molecule has 7 nitrogen and oxygen atoms in total. The fraction of sp³-hybridized carbons (Fsp3) is 0.500. The normalized spacial score (nSPS) is 15.7. The number of nitrogens with zero attached hydrogens (tertiary/aromatic N) is 3. The second-order valence-electron chi connectivity index (χ2n) is 7.43. The molecule has 1 fully saturated rings. The van der Waals surface area contributed by atoms with E-state index in [9.17, 15) is 0 Å². The molecule has 2 aromatic heterocycles. The predicted molar refractivity (Wildman–Crippen MR) is 112 cm³/mol. The average molecular weight is 397 g/mol. The number of benzene rings is 1. The Hall–Kier alpha value is -2.67. The number of fused-ring (bicyclic) bond motifs is 1. The molecule has 3 aromatic rings. The van der Waals surface area contributed by atoms with E-state index in [4.69, 9.17) is 14.5 Å². The molecular formula is C22H30N5O2+. The van der Waals surface area contributed by atoms with Gasteiger partial charge in [0, 0.05) is 6.54 Å². The molecule has 154 valence electrons. The third-order valence-electron chi connectivity index (χ3n) is 5.52. The summed E-state index contributed by atoms with van der Waals surface area (Å²) >= 11 is 0. The first kappa shape index (κ1) is 19.6. The quantitative estimate of drug-likeness (QED) is 0.567. The summed E-state index contributed by atoms with van der Waals surface area (Å²) in [6.45, 7) is 5.76. The first-order valence-electron chi connectivity index (χ1n) is 10.5. The highest BCUT2D eigenvalue weighted by Crippen LogP contribution is 2.33. The number of aromatic amines is 1. The van der Waals surface area contributed by atoms with Crippen molar-refractivity contribution in [2.75, 3.05) is 19.0 Å². The minimum Gasteiger partial charge on any atom is -0.497 e. The van der Waals surface area contributed by atoms with Gasteiger partial charge in [0.1, 0.15) is 5.75 Å². The number of imidazole rings is 1. The standard InChI is InChI=1S/C22H29N5O2/c1-4-23-20-18-22(27(5-2)14-24-20)26-21(25-18)19(29-17-8-6-7-9-17)15-10-12-16(28-3)13-11-15/h10-14,17,19H,4-9H2,1-3H3,(H,23,25,26)/p+1. The van der Waals surface area contributed by atoms with Crippen LogP contribution in [-0.2, 0) is 11.3 Å². The largest absolute Gasteiger partial charge is 0.497 e. The topological polar surface area (TPSA) is 75.9 Å². The minimum atomic E-state index is -0.254. The minimum absolute atomic E-state index is 0.254. The summed E-state index contributed by atoms with van der Waals surface area (Å²) in [5.74, 6) is 2.46. The number of nitrogens with one attached hydrogen (secondary N) is 2. The Morgan fingerprint density at radius 2 is 1.97 bits per heavy atom. The third kappa shape index (κ3) is 4.05. The van der Waals surface area contributed by atoms with Gasteiger partial charge in [-0.2, -0.15) is 0 Å². The van der Waals surface area contributed by atoms with Crippen molar-refractivity contribution < 1.29 is 14.0 Å². The Balaban J connectivity index is 1.77. The van der Waals surface area contributed by atoms with Crippen molar-refractivity contribution in [1.82, 2.24) is 15.0 Å². The van der Waals surface area contributed by atoms with E-state index in [1.54, 1.807) is 7.11 Å². The van der Waals surface area contributed by atoms with Crippen molar-refractivity contribution in [2.45, 2.75) is 58.3 Å². The molecule has 0 spiro atoms. The van der Waals surface area contributed by atoms with Crippen LogP contribution < -0.4 is 14.6 Å². The highest BCUT2D eigenvalue weighted by molar-refractivity contribution is 5.80. The number of ether oxygens (including phenoxy) is 2. The fourth-order valence-corrected chi connectivity index (χ4v) is 3.96. The summed E-state index contributed by atoms with van der Waals surface area (Å²) in [6, 6.07) is 8.06. The van der Waals surface area contributed by atoms with Crippen LogP contribution in [0.3, 0.4) is 0 Å². The molecule has 1 saturated carbocycles. The van der Waals surface area contributed by atoms with Crippen LogP contribution in [0.5, 0.6) is 5.75 Å². The van der Waals surface area contributed by atoms with Crippen molar-refractivity contribution in [1.29, 1.82) is 0 Å². The van der Waals surface area contributed by atoms with Crippen LogP contribution in [0.15, 0.2) is 30.6 Å². The summed E-state index contributed by atoms with van der Waals surface area (Å²) in [7, 11) is 1.68. The molecular weight excluding hydrogens is 366 g/mol. The number of aryl methyl sites for hydroxylation is 1. The van der Waals surface area contributed by atoms with Crippen LogP contribution in [0.25, 0.3) is 11.2 Å². The fourth-order valence-electron chi connectivity index (χ4n) is 3.96. The molecule has 7 heteroatoms. The Kier molecular flexibility index (Phi) is 5.94.